The van der Waals surface area contributed by atoms with Crippen molar-refractivity contribution < 1.29 is 9.53 Å². The van der Waals surface area contributed by atoms with Crippen LogP contribution >= 0.6 is 0 Å². The number of esters is 1. The number of rotatable bonds is 3. The first-order chi connectivity index (χ1) is 8.46. The molecule has 0 heterocycles. The van der Waals surface area contributed by atoms with E-state index in [-0.39, 0.29) is 11.6 Å². The highest BCUT2D eigenvalue weighted by atomic mass is 16.6. The summed E-state index contributed by atoms with van der Waals surface area (Å²) in [5, 5.41) is 0. The van der Waals surface area contributed by atoms with Crippen molar-refractivity contribution in [1.29, 1.82) is 0 Å². The average molecular weight is 248 g/mol. The van der Waals surface area contributed by atoms with Crippen molar-refractivity contribution in [3.8, 4) is 0 Å². The van der Waals surface area contributed by atoms with Gasteiger partial charge in [0.15, 0.2) is 0 Å². The zero-order valence-corrected chi connectivity index (χ0v) is 11.6. The van der Waals surface area contributed by atoms with E-state index in [0.29, 0.717) is 11.0 Å². The quantitative estimate of drug-likeness (QED) is 0.560. The van der Waals surface area contributed by atoms with Crippen molar-refractivity contribution in [3.05, 3.63) is 12.2 Å². The highest BCUT2D eigenvalue weighted by Gasteiger charge is 2.58. The fraction of sp³-hybridized carbons (Fsp3) is 0.812. The largest absolute Gasteiger partial charge is 0.456 e. The topological polar surface area (TPSA) is 26.3 Å². The van der Waals surface area contributed by atoms with Gasteiger partial charge >= 0.3 is 5.97 Å². The lowest BCUT2D eigenvalue weighted by Crippen LogP contribution is -2.57. The first-order valence-corrected chi connectivity index (χ1v) is 7.35. The van der Waals surface area contributed by atoms with E-state index in [2.05, 4.69) is 13.5 Å². The summed E-state index contributed by atoms with van der Waals surface area (Å²) in [7, 11) is 0. The van der Waals surface area contributed by atoms with Gasteiger partial charge in [-0.2, -0.15) is 0 Å². The first kappa shape index (κ1) is 12.3. The Kier molecular flexibility index (Phi) is 2.62. The van der Waals surface area contributed by atoms with Gasteiger partial charge in [0.2, 0.25) is 0 Å². The molecule has 4 fully saturated rings. The summed E-state index contributed by atoms with van der Waals surface area (Å²) >= 11 is 0. The molecule has 0 N–H and O–H groups in total. The molecule has 0 aromatic carbocycles. The normalized spacial score (nSPS) is 45.0. The molecule has 2 atom stereocenters. The Hall–Kier alpha value is -0.790. The molecule has 4 bridgehead atoms. The molecule has 4 aliphatic carbocycles. The summed E-state index contributed by atoms with van der Waals surface area (Å²) in [6, 6.07) is 0. The van der Waals surface area contributed by atoms with Crippen LogP contribution in [0.4, 0.5) is 0 Å². The van der Waals surface area contributed by atoms with Crippen LogP contribution in [-0.2, 0) is 9.53 Å². The van der Waals surface area contributed by atoms with E-state index in [1.165, 1.54) is 25.7 Å². The molecule has 0 spiro atoms. The van der Waals surface area contributed by atoms with E-state index in [1.807, 2.05) is 0 Å². The molecule has 0 aliphatic heterocycles. The molecule has 4 saturated carbocycles. The van der Waals surface area contributed by atoms with E-state index >= 15 is 0 Å². The van der Waals surface area contributed by atoms with Gasteiger partial charge in [0.05, 0.1) is 0 Å². The third kappa shape index (κ3) is 1.81. The molecule has 2 nitrogen and oxygen atoms in total. The number of hydrogen-bond acceptors (Lipinski definition) is 2. The second-order valence-electron chi connectivity index (χ2n) is 7.17. The van der Waals surface area contributed by atoms with Gasteiger partial charge in [-0.15, -0.1) is 0 Å². The van der Waals surface area contributed by atoms with Crippen molar-refractivity contribution >= 4 is 5.97 Å². The van der Waals surface area contributed by atoms with Crippen molar-refractivity contribution in [2.75, 3.05) is 0 Å². The number of carbonyl (C=O) groups excluding carboxylic acids is 1. The minimum Gasteiger partial charge on any atom is -0.456 e. The Labute approximate surface area is 110 Å². The van der Waals surface area contributed by atoms with Crippen LogP contribution in [0.3, 0.4) is 0 Å². The van der Waals surface area contributed by atoms with Crippen LogP contribution in [0.5, 0.6) is 0 Å². The fourth-order valence-corrected chi connectivity index (χ4v) is 5.18. The second-order valence-corrected chi connectivity index (χ2v) is 7.17. The molecule has 0 aromatic rings. The fourth-order valence-electron chi connectivity index (χ4n) is 5.18. The van der Waals surface area contributed by atoms with Gasteiger partial charge in [-0.1, -0.05) is 19.9 Å². The summed E-state index contributed by atoms with van der Waals surface area (Å²) in [6.07, 6.45) is 8.65. The predicted molar refractivity (Wildman–Crippen MR) is 71.0 cm³/mol. The molecule has 100 valence electrons. The third-order valence-corrected chi connectivity index (χ3v) is 5.54. The maximum atomic E-state index is 11.9. The Morgan fingerprint density at radius 2 is 1.89 bits per heavy atom. The van der Waals surface area contributed by atoms with Crippen molar-refractivity contribution in [2.45, 2.75) is 64.4 Å². The van der Waals surface area contributed by atoms with Gasteiger partial charge in [0.25, 0.3) is 0 Å². The Morgan fingerprint density at radius 3 is 2.39 bits per heavy atom. The number of ether oxygens (including phenoxy) is 1. The number of carbonyl (C=O) groups is 1. The lowest BCUT2D eigenvalue weighted by Gasteiger charge is -2.61. The molecule has 0 radical (unpaired) electrons. The molecule has 0 saturated heterocycles. The van der Waals surface area contributed by atoms with Crippen molar-refractivity contribution in [1.82, 2.24) is 0 Å². The average Bonchev–Trinajstić information content (AvgIpc) is 2.26. The Balaban J connectivity index is 1.84. The smallest absolute Gasteiger partial charge is 0.333 e. The summed E-state index contributed by atoms with van der Waals surface area (Å²) in [4.78, 5) is 11.9. The second kappa shape index (κ2) is 3.85. The van der Waals surface area contributed by atoms with Crippen LogP contribution in [0.1, 0.15) is 58.8 Å². The molecule has 2 unspecified atom stereocenters. The van der Waals surface area contributed by atoms with Crippen molar-refractivity contribution in [2.24, 2.45) is 17.3 Å². The highest BCUT2D eigenvalue weighted by molar-refractivity contribution is 5.87. The predicted octanol–water partition coefficient (Wildman–Crippen LogP) is 3.85. The minimum atomic E-state index is -0.178. The molecule has 4 aliphatic rings. The van der Waals surface area contributed by atoms with Gasteiger partial charge in [-0.25, -0.2) is 4.79 Å². The van der Waals surface area contributed by atoms with Gasteiger partial charge in [-0.05, 0) is 62.7 Å². The van der Waals surface area contributed by atoms with Gasteiger partial charge < -0.3 is 4.74 Å². The van der Waals surface area contributed by atoms with E-state index in [9.17, 15) is 4.79 Å². The van der Waals surface area contributed by atoms with Crippen LogP contribution in [0.15, 0.2) is 12.2 Å². The monoisotopic (exact) mass is 248 g/mol. The molecule has 18 heavy (non-hydrogen) atoms. The first-order valence-electron chi connectivity index (χ1n) is 7.35. The molecule has 4 rings (SSSR count). The van der Waals surface area contributed by atoms with Crippen molar-refractivity contribution in [3.63, 3.8) is 0 Å². The minimum absolute atomic E-state index is 0.143. The molecular weight excluding hydrogens is 224 g/mol. The van der Waals surface area contributed by atoms with Crippen LogP contribution in [0.25, 0.3) is 0 Å². The Bertz CT molecular complexity index is 382. The summed E-state index contributed by atoms with van der Waals surface area (Å²) < 4.78 is 5.90. The van der Waals surface area contributed by atoms with E-state index < -0.39 is 0 Å². The lowest BCUT2D eigenvalue weighted by molar-refractivity contribution is -0.198. The zero-order valence-electron chi connectivity index (χ0n) is 11.6. The number of hydrogen-bond donors (Lipinski definition) is 0. The summed E-state index contributed by atoms with van der Waals surface area (Å²) in [5.74, 6) is 1.41. The summed E-state index contributed by atoms with van der Waals surface area (Å²) in [6.45, 7) is 7.77. The molecular formula is C16H24O2. The van der Waals surface area contributed by atoms with E-state index in [4.69, 9.17) is 4.74 Å². The van der Waals surface area contributed by atoms with E-state index in [0.717, 1.165) is 31.1 Å². The SMILES string of the molecule is C=C(C)C(=O)OC12CC3CC(CC(CC)(C3)C1)C2. The lowest BCUT2D eigenvalue weighted by atomic mass is 9.47. The molecule has 2 heteroatoms. The highest BCUT2D eigenvalue weighted by Crippen LogP contribution is 2.63. The maximum Gasteiger partial charge on any atom is 0.333 e. The van der Waals surface area contributed by atoms with Crippen LogP contribution < -0.4 is 0 Å². The Morgan fingerprint density at radius 1 is 1.28 bits per heavy atom. The standard InChI is InChI=1S/C16H24O2/c1-4-15-6-12-5-13(7-15)9-16(8-12,10-15)18-14(17)11(2)3/h12-13H,2,4-10H2,1,3H3. The molecule has 0 amide bonds. The van der Waals surface area contributed by atoms with Crippen LogP contribution in [0, 0.1) is 17.3 Å². The van der Waals surface area contributed by atoms with Crippen LogP contribution in [0.2, 0.25) is 0 Å². The van der Waals surface area contributed by atoms with Gasteiger partial charge in [0, 0.05) is 5.57 Å². The van der Waals surface area contributed by atoms with Gasteiger partial charge in [0.1, 0.15) is 5.60 Å². The van der Waals surface area contributed by atoms with E-state index in [1.54, 1.807) is 6.92 Å². The van der Waals surface area contributed by atoms with Gasteiger partial charge in [-0.3, -0.25) is 0 Å². The zero-order chi connectivity index (χ0) is 13.0. The third-order valence-electron chi connectivity index (χ3n) is 5.54. The molecule has 0 aromatic heterocycles. The van der Waals surface area contributed by atoms with Crippen LogP contribution in [-0.4, -0.2) is 11.6 Å². The summed E-state index contributed by atoms with van der Waals surface area (Å²) in [5.41, 5.74) is 0.867. The maximum absolute atomic E-state index is 11.9.